The Labute approximate surface area is 136 Å². The average molecular weight is 333 g/mol. The largest absolute Gasteiger partial charge is 0.350 e. The Balaban J connectivity index is 0.00000242. The van der Waals surface area contributed by atoms with Crippen molar-refractivity contribution >= 4 is 30.3 Å². The molecule has 1 aliphatic carbocycles. The number of nitrogens with one attached hydrogen (secondary N) is 2. The molecule has 1 saturated carbocycles. The van der Waals surface area contributed by atoms with Crippen molar-refractivity contribution in [2.45, 2.75) is 51.1 Å². The molecule has 126 valence electrons. The van der Waals surface area contributed by atoms with E-state index < -0.39 is 11.6 Å². The molecule has 1 saturated heterocycles. The van der Waals surface area contributed by atoms with Crippen LogP contribution in [0.25, 0.3) is 0 Å². The fraction of sp³-hybridized carbons (Fsp3) is 0.786. The third-order valence-corrected chi connectivity index (χ3v) is 4.55. The predicted molar refractivity (Wildman–Crippen MR) is 84.5 cm³/mol. The lowest BCUT2D eigenvalue weighted by Gasteiger charge is -2.23. The normalized spacial score (nSPS) is 21.1. The van der Waals surface area contributed by atoms with Gasteiger partial charge < -0.3 is 16.4 Å². The van der Waals surface area contributed by atoms with Gasteiger partial charge in [-0.1, -0.05) is 13.8 Å². The van der Waals surface area contributed by atoms with Crippen LogP contribution in [-0.4, -0.2) is 47.4 Å². The van der Waals surface area contributed by atoms with E-state index in [1.54, 1.807) is 0 Å². The van der Waals surface area contributed by atoms with Gasteiger partial charge in [0.1, 0.15) is 12.1 Å². The van der Waals surface area contributed by atoms with Gasteiger partial charge in [-0.2, -0.15) is 0 Å². The maximum atomic E-state index is 12.4. The van der Waals surface area contributed by atoms with Crippen molar-refractivity contribution in [1.82, 2.24) is 15.5 Å². The molecule has 0 radical (unpaired) electrons. The first-order chi connectivity index (χ1) is 9.97. The van der Waals surface area contributed by atoms with E-state index in [1.165, 1.54) is 0 Å². The molecule has 2 rings (SSSR count). The van der Waals surface area contributed by atoms with E-state index >= 15 is 0 Å². The summed E-state index contributed by atoms with van der Waals surface area (Å²) in [5.74, 6) is -0.209. The van der Waals surface area contributed by atoms with Crippen LogP contribution in [0.5, 0.6) is 0 Å². The quantitative estimate of drug-likeness (QED) is 0.586. The van der Waals surface area contributed by atoms with Gasteiger partial charge in [-0.3, -0.25) is 14.5 Å². The fourth-order valence-corrected chi connectivity index (χ4v) is 2.81. The molecule has 0 spiro atoms. The second-order valence-electron chi connectivity index (χ2n) is 5.86. The first-order valence-electron chi connectivity index (χ1n) is 7.61. The van der Waals surface area contributed by atoms with Gasteiger partial charge in [0.15, 0.2) is 0 Å². The molecule has 0 aromatic rings. The molecule has 4 N–H and O–H groups in total. The highest BCUT2D eigenvalue weighted by atomic mass is 35.5. The Bertz CT molecular complexity index is 449. The summed E-state index contributed by atoms with van der Waals surface area (Å²) >= 11 is 0. The zero-order chi connectivity index (χ0) is 15.6. The lowest BCUT2D eigenvalue weighted by Crippen LogP contribution is -2.49. The van der Waals surface area contributed by atoms with Crippen molar-refractivity contribution in [1.29, 1.82) is 0 Å². The van der Waals surface area contributed by atoms with E-state index in [1.807, 2.05) is 13.8 Å². The van der Waals surface area contributed by atoms with E-state index in [9.17, 15) is 14.4 Å². The molecule has 22 heavy (non-hydrogen) atoms. The molecule has 0 bridgehead atoms. The van der Waals surface area contributed by atoms with Crippen molar-refractivity contribution in [3.8, 4) is 0 Å². The van der Waals surface area contributed by atoms with Crippen LogP contribution >= 0.6 is 12.4 Å². The molecule has 2 fully saturated rings. The first-order valence-corrected chi connectivity index (χ1v) is 7.61. The van der Waals surface area contributed by atoms with Crippen molar-refractivity contribution < 1.29 is 14.4 Å². The summed E-state index contributed by atoms with van der Waals surface area (Å²) in [5, 5.41) is 5.53. The summed E-state index contributed by atoms with van der Waals surface area (Å²) in [6.45, 7) is 3.84. The Morgan fingerprint density at radius 3 is 2.41 bits per heavy atom. The summed E-state index contributed by atoms with van der Waals surface area (Å²) in [5.41, 5.74) is 4.78. The number of nitrogens with two attached hydrogens (primary N) is 1. The highest BCUT2D eigenvalue weighted by Crippen LogP contribution is 2.32. The number of amides is 4. The van der Waals surface area contributed by atoms with Crippen LogP contribution in [-0.2, 0) is 9.59 Å². The second-order valence-corrected chi connectivity index (χ2v) is 5.86. The zero-order valence-electron chi connectivity index (χ0n) is 13.1. The van der Waals surface area contributed by atoms with Crippen LogP contribution in [0.3, 0.4) is 0 Å². The molecule has 1 aliphatic heterocycles. The molecule has 1 heterocycles. The van der Waals surface area contributed by atoms with E-state index in [2.05, 4.69) is 10.6 Å². The van der Waals surface area contributed by atoms with Crippen molar-refractivity contribution in [2.75, 3.05) is 13.1 Å². The lowest BCUT2D eigenvalue weighted by atomic mass is 9.93. The number of rotatable bonds is 7. The number of carbonyl (C=O) groups is 3. The molecular weight excluding hydrogens is 308 g/mol. The molecule has 8 heteroatoms. The highest BCUT2D eigenvalue weighted by Gasteiger charge is 2.49. The van der Waals surface area contributed by atoms with Crippen molar-refractivity contribution in [2.24, 2.45) is 11.7 Å². The van der Waals surface area contributed by atoms with Gasteiger partial charge in [0.2, 0.25) is 5.91 Å². The summed E-state index contributed by atoms with van der Waals surface area (Å²) in [7, 11) is 0. The smallest absolute Gasteiger partial charge is 0.325 e. The van der Waals surface area contributed by atoms with Crippen LogP contribution < -0.4 is 16.4 Å². The Morgan fingerprint density at radius 1 is 1.41 bits per heavy atom. The summed E-state index contributed by atoms with van der Waals surface area (Å²) in [6.07, 6.45) is 3.17. The third-order valence-electron chi connectivity index (χ3n) is 4.55. The van der Waals surface area contributed by atoms with Gasteiger partial charge in [-0.25, -0.2) is 4.79 Å². The molecule has 7 nitrogen and oxygen atoms in total. The molecular formula is C14H25ClN4O3. The zero-order valence-corrected chi connectivity index (χ0v) is 13.9. The molecule has 1 atom stereocenters. The minimum absolute atomic E-state index is 0. The molecule has 1 unspecified atom stereocenters. The number of halogens is 1. The van der Waals surface area contributed by atoms with Gasteiger partial charge in [0.25, 0.3) is 5.91 Å². The lowest BCUT2D eigenvalue weighted by molar-refractivity contribution is -0.135. The van der Waals surface area contributed by atoms with Crippen molar-refractivity contribution in [3.63, 3.8) is 0 Å². The molecule has 4 amide bonds. The predicted octanol–water partition coefficient (Wildman–Crippen LogP) is 0.372. The number of hydrogen-bond donors (Lipinski definition) is 3. The van der Waals surface area contributed by atoms with Gasteiger partial charge in [0, 0.05) is 12.6 Å². The monoisotopic (exact) mass is 332 g/mol. The standard InChI is InChI=1S/C14H24N4O3.ClH/c1-3-14(4-2)12(20)18(13(21)17-14)8-11(19)16-10(7-15)9-5-6-9;/h9-10H,3-8,15H2,1-2H3,(H,16,19)(H,17,21);1H. The van der Waals surface area contributed by atoms with Gasteiger partial charge >= 0.3 is 6.03 Å². The van der Waals surface area contributed by atoms with Gasteiger partial charge in [-0.05, 0) is 31.6 Å². The third kappa shape index (κ3) is 3.52. The maximum Gasteiger partial charge on any atom is 0.325 e. The number of hydrogen-bond acceptors (Lipinski definition) is 4. The summed E-state index contributed by atoms with van der Waals surface area (Å²) in [4.78, 5) is 37.4. The van der Waals surface area contributed by atoms with Crippen LogP contribution in [0.15, 0.2) is 0 Å². The Kier molecular flexibility index (Phi) is 6.19. The topological polar surface area (TPSA) is 105 Å². The SMILES string of the molecule is CCC1(CC)NC(=O)N(CC(=O)NC(CN)C2CC2)C1=O.Cl. The maximum absolute atomic E-state index is 12.4. The van der Waals surface area contributed by atoms with Crippen molar-refractivity contribution in [3.05, 3.63) is 0 Å². The molecule has 0 aromatic carbocycles. The summed E-state index contributed by atoms with van der Waals surface area (Å²) in [6, 6.07) is -0.546. The first kappa shape index (κ1) is 18.7. The van der Waals surface area contributed by atoms with Crippen LogP contribution in [0, 0.1) is 5.92 Å². The number of urea groups is 1. The van der Waals surface area contributed by atoms with E-state index in [0.29, 0.717) is 25.3 Å². The minimum Gasteiger partial charge on any atom is -0.350 e. The number of nitrogens with zero attached hydrogens (tertiary/aromatic N) is 1. The Morgan fingerprint density at radius 2 is 2.00 bits per heavy atom. The number of carbonyl (C=O) groups excluding carboxylic acids is 3. The Hall–Kier alpha value is -1.34. The van der Waals surface area contributed by atoms with E-state index in [-0.39, 0.29) is 36.8 Å². The van der Waals surface area contributed by atoms with Crippen LogP contribution in [0.4, 0.5) is 4.79 Å². The van der Waals surface area contributed by atoms with E-state index in [0.717, 1.165) is 17.7 Å². The van der Waals surface area contributed by atoms with Gasteiger partial charge in [-0.15, -0.1) is 12.4 Å². The van der Waals surface area contributed by atoms with Gasteiger partial charge in [0.05, 0.1) is 0 Å². The average Bonchev–Trinajstić information content (AvgIpc) is 3.28. The minimum atomic E-state index is -0.860. The van der Waals surface area contributed by atoms with Crippen LogP contribution in [0.1, 0.15) is 39.5 Å². The van der Waals surface area contributed by atoms with Crippen LogP contribution in [0.2, 0.25) is 0 Å². The molecule has 2 aliphatic rings. The number of imide groups is 1. The second kappa shape index (κ2) is 7.28. The summed E-state index contributed by atoms with van der Waals surface area (Å²) < 4.78 is 0. The highest BCUT2D eigenvalue weighted by molar-refractivity contribution is 6.09. The van der Waals surface area contributed by atoms with E-state index in [4.69, 9.17) is 5.73 Å². The molecule has 0 aromatic heterocycles. The fourth-order valence-electron chi connectivity index (χ4n) is 2.81.